The molecular formula is C8H14N4O. The highest BCUT2D eigenvalue weighted by Gasteiger charge is 2.27. The molecule has 5 nitrogen and oxygen atoms in total. The lowest BCUT2D eigenvalue weighted by Crippen LogP contribution is -2.26. The average molecular weight is 182 g/mol. The second kappa shape index (κ2) is 4.72. The first kappa shape index (κ1) is 9.86. The maximum Gasteiger partial charge on any atom is 0.222 e. The maximum atomic E-state index is 11.3. The number of likely N-dealkylation sites (tertiary alicyclic amines) is 1. The molecule has 0 saturated carbocycles. The van der Waals surface area contributed by atoms with Crippen LogP contribution in [-0.4, -0.2) is 30.4 Å². The molecule has 0 bridgehead atoms. The van der Waals surface area contributed by atoms with E-state index in [-0.39, 0.29) is 11.8 Å². The van der Waals surface area contributed by atoms with Crippen molar-refractivity contribution in [2.24, 2.45) is 11.0 Å². The van der Waals surface area contributed by atoms with Gasteiger partial charge in [0.2, 0.25) is 5.91 Å². The number of nitrogens with zero attached hydrogens (tertiary/aromatic N) is 4. The van der Waals surface area contributed by atoms with Crippen LogP contribution in [0.2, 0.25) is 0 Å². The predicted octanol–water partition coefficient (Wildman–Crippen LogP) is 1.56. The van der Waals surface area contributed by atoms with Crippen LogP contribution in [0.4, 0.5) is 0 Å². The van der Waals surface area contributed by atoms with Gasteiger partial charge in [-0.2, -0.15) is 0 Å². The summed E-state index contributed by atoms with van der Waals surface area (Å²) in [5, 5.41) is 3.48. The van der Waals surface area contributed by atoms with Crippen LogP contribution >= 0.6 is 0 Å². The molecule has 5 heteroatoms. The molecule has 0 radical (unpaired) electrons. The summed E-state index contributed by atoms with van der Waals surface area (Å²) in [6.07, 6.45) is 1.53. The SMILES string of the molecule is CCCN1CC(CN=[N+]=[N-])CC1=O. The first-order chi connectivity index (χ1) is 6.27. The van der Waals surface area contributed by atoms with E-state index in [2.05, 4.69) is 10.0 Å². The minimum Gasteiger partial charge on any atom is -0.342 e. The van der Waals surface area contributed by atoms with Gasteiger partial charge in [0.1, 0.15) is 0 Å². The molecular weight excluding hydrogens is 168 g/mol. The Labute approximate surface area is 77.3 Å². The Morgan fingerprint density at radius 2 is 2.54 bits per heavy atom. The molecule has 13 heavy (non-hydrogen) atoms. The normalized spacial score (nSPS) is 21.8. The molecule has 1 aliphatic heterocycles. The van der Waals surface area contributed by atoms with Crippen LogP contribution in [0.3, 0.4) is 0 Å². The monoisotopic (exact) mass is 182 g/mol. The largest absolute Gasteiger partial charge is 0.342 e. The van der Waals surface area contributed by atoms with E-state index in [1.807, 2.05) is 11.8 Å². The van der Waals surface area contributed by atoms with E-state index in [0.717, 1.165) is 19.5 Å². The Kier molecular flexibility index (Phi) is 3.58. The van der Waals surface area contributed by atoms with Gasteiger partial charge in [0.15, 0.2) is 0 Å². The second-order valence-electron chi connectivity index (χ2n) is 3.32. The van der Waals surface area contributed by atoms with Crippen LogP contribution in [0, 0.1) is 5.92 Å². The van der Waals surface area contributed by atoms with Crippen molar-refractivity contribution in [3.63, 3.8) is 0 Å². The lowest BCUT2D eigenvalue weighted by atomic mass is 10.1. The summed E-state index contributed by atoms with van der Waals surface area (Å²) >= 11 is 0. The highest BCUT2D eigenvalue weighted by Crippen LogP contribution is 2.17. The molecule has 1 amide bonds. The summed E-state index contributed by atoms with van der Waals surface area (Å²) in [6.45, 7) is 4.08. The number of hydrogen-bond donors (Lipinski definition) is 0. The average Bonchev–Trinajstić information content (AvgIpc) is 2.45. The third-order valence-corrected chi connectivity index (χ3v) is 2.19. The summed E-state index contributed by atoms with van der Waals surface area (Å²) in [6, 6.07) is 0. The zero-order valence-electron chi connectivity index (χ0n) is 7.81. The van der Waals surface area contributed by atoms with E-state index in [0.29, 0.717) is 13.0 Å². The lowest BCUT2D eigenvalue weighted by molar-refractivity contribution is -0.127. The molecule has 1 fully saturated rings. The Hall–Kier alpha value is -1.22. The molecule has 0 aliphatic carbocycles. The third-order valence-electron chi connectivity index (χ3n) is 2.19. The van der Waals surface area contributed by atoms with Crippen molar-refractivity contribution < 1.29 is 4.79 Å². The van der Waals surface area contributed by atoms with Crippen LogP contribution in [0.25, 0.3) is 10.4 Å². The standard InChI is InChI=1S/C8H14N4O/c1-2-3-12-6-7(4-8(12)13)5-10-11-9/h7H,2-6H2,1H3. The van der Waals surface area contributed by atoms with E-state index < -0.39 is 0 Å². The van der Waals surface area contributed by atoms with Gasteiger partial charge < -0.3 is 4.90 Å². The fourth-order valence-electron chi connectivity index (χ4n) is 1.61. The van der Waals surface area contributed by atoms with Crippen molar-refractivity contribution >= 4 is 5.91 Å². The van der Waals surface area contributed by atoms with Gasteiger partial charge in [-0.25, -0.2) is 0 Å². The van der Waals surface area contributed by atoms with Gasteiger partial charge in [0.05, 0.1) is 0 Å². The van der Waals surface area contributed by atoms with Crippen LogP contribution < -0.4 is 0 Å². The summed E-state index contributed by atoms with van der Waals surface area (Å²) in [7, 11) is 0. The molecule has 1 heterocycles. The quantitative estimate of drug-likeness (QED) is 0.369. The van der Waals surface area contributed by atoms with Crippen molar-refractivity contribution in [3.8, 4) is 0 Å². The van der Waals surface area contributed by atoms with Crippen LogP contribution in [0.15, 0.2) is 5.11 Å². The summed E-state index contributed by atoms with van der Waals surface area (Å²) < 4.78 is 0. The molecule has 0 aromatic heterocycles. The Morgan fingerprint density at radius 3 is 3.15 bits per heavy atom. The van der Waals surface area contributed by atoms with E-state index >= 15 is 0 Å². The van der Waals surface area contributed by atoms with Gasteiger partial charge >= 0.3 is 0 Å². The van der Waals surface area contributed by atoms with Gasteiger partial charge in [-0.3, -0.25) is 4.79 Å². The molecule has 0 N–H and O–H groups in total. The molecule has 1 aliphatic rings. The van der Waals surface area contributed by atoms with E-state index in [1.165, 1.54) is 0 Å². The van der Waals surface area contributed by atoms with E-state index in [9.17, 15) is 4.79 Å². The van der Waals surface area contributed by atoms with E-state index in [1.54, 1.807) is 0 Å². The lowest BCUT2D eigenvalue weighted by Gasteiger charge is -2.14. The molecule has 0 aromatic carbocycles. The van der Waals surface area contributed by atoms with Crippen molar-refractivity contribution in [2.75, 3.05) is 19.6 Å². The second-order valence-corrected chi connectivity index (χ2v) is 3.32. The maximum absolute atomic E-state index is 11.3. The van der Waals surface area contributed by atoms with Crippen molar-refractivity contribution in [3.05, 3.63) is 10.4 Å². The first-order valence-corrected chi connectivity index (χ1v) is 4.56. The van der Waals surface area contributed by atoms with Gasteiger partial charge in [-0.1, -0.05) is 12.0 Å². The minimum absolute atomic E-state index is 0.194. The van der Waals surface area contributed by atoms with Crippen molar-refractivity contribution in [1.82, 2.24) is 4.90 Å². The van der Waals surface area contributed by atoms with Gasteiger partial charge in [0.25, 0.3) is 0 Å². The molecule has 1 rings (SSSR count). The highest BCUT2D eigenvalue weighted by atomic mass is 16.2. The number of amides is 1. The summed E-state index contributed by atoms with van der Waals surface area (Å²) in [5.41, 5.74) is 8.12. The Morgan fingerprint density at radius 1 is 1.77 bits per heavy atom. The zero-order valence-corrected chi connectivity index (χ0v) is 7.81. The summed E-state index contributed by atoms with van der Waals surface area (Å²) in [5.74, 6) is 0.426. The summed E-state index contributed by atoms with van der Waals surface area (Å²) in [4.78, 5) is 15.9. The number of azide groups is 1. The molecule has 1 saturated heterocycles. The van der Waals surface area contributed by atoms with Gasteiger partial charge in [-0.15, -0.1) is 0 Å². The smallest absolute Gasteiger partial charge is 0.222 e. The fourth-order valence-corrected chi connectivity index (χ4v) is 1.61. The molecule has 0 aromatic rings. The zero-order chi connectivity index (χ0) is 9.68. The highest BCUT2D eigenvalue weighted by molar-refractivity contribution is 5.78. The van der Waals surface area contributed by atoms with Crippen LogP contribution in [0.1, 0.15) is 19.8 Å². The molecule has 1 unspecified atom stereocenters. The minimum atomic E-state index is 0.194. The van der Waals surface area contributed by atoms with E-state index in [4.69, 9.17) is 5.53 Å². The molecule has 1 atom stereocenters. The number of hydrogen-bond acceptors (Lipinski definition) is 2. The van der Waals surface area contributed by atoms with Crippen LogP contribution in [-0.2, 0) is 4.79 Å². The molecule has 0 spiro atoms. The first-order valence-electron chi connectivity index (χ1n) is 4.56. The number of rotatable bonds is 4. The van der Waals surface area contributed by atoms with Gasteiger partial charge in [0, 0.05) is 31.0 Å². The van der Waals surface area contributed by atoms with Gasteiger partial charge in [-0.05, 0) is 17.9 Å². The number of carbonyl (C=O) groups excluding carboxylic acids is 1. The Balaban J connectivity index is 2.40. The third kappa shape index (κ3) is 2.63. The Bertz CT molecular complexity index is 234. The van der Waals surface area contributed by atoms with Crippen molar-refractivity contribution in [1.29, 1.82) is 0 Å². The predicted molar refractivity (Wildman–Crippen MR) is 49.0 cm³/mol. The van der Waals surface area contributed by atoms with Crippen molar-refractivity contribution in [2.45, 2.75) is 19.8 Å². The topological polar surface area (TPSA) is 69.1 Å². The van der Waals surface area contributed by atoms with Crippen LogP contribution in [0.5, 0.6) is 0 Å². The number of carbonyl (C=O) groups is 1. The fraction of sp³-hybridized carbons (Fsp3) is 0.875. The molecule has 72 valence electrons.